The summed E-state index contributed by atoms with van der Waals surface area (Å²) in [4.78, 5) is 49.3. The van der Waals surface area contributed by atoms with Crippen LogP contribution >= 0.6 is 0 Å². The van der Waals surface area contributed by atoms with E-state index in [-0.39, 0.29) is 22.8 Å². The van der Waals surface area contributed by atoms with Crippen molar-refractivity contribution in [3.63, 3.8) is 0 Å². The number of anilines is 2. The van der Waals surface area contributed by atoms with Crippen LogP contribution in [0.4, 0.5) is 11.4 Å². The highest BCUT2D eigenvalue weighted by Gasteiger charge is 2.23. The first-order valence-electron chi connectivity index (χ1n) is 18.1. The standard InChI is InChI=1S/C42H43N7O6/c1-26-21-32(24-34-38(26)45-25-35(41(43)52)39(34)46-29-6-4-7-30(23-29)54-2)55-31-8-3-5-28(22-31)42(53)49-19-17-48(18-20-49)16-15-44-14-13-27-9-11-36(50)40-33(27)10-12-37(51)47-40/h3-12,21-25,44,50H,13-20H2,1-2H3,(H2,43,52)(H,45,46)(H,47,51). The molecule has 1 aliphatic heterocycles. The third kappa shape index (κ3) is 8.38. The van der Waals surface area contributed by atoms with E-state index in [9.17, 15) is 19.5 Å². The number of aryl methyl sites for hydroxylation is 1. The molecule has 6 aromatic rings. The zero-order chi connectivity index (χ0) is 38.5. The van der Waals surface area contributed by atoms with Gasteiger partial charge >= 0.3 is 0 Å². The van der Waals surface area contributed by atoms with Crippen molar-refractivity contribution in [1.29, 1.82) is 0 Å². The number of hydrogen-bond donors (Lipinski definition) is 5. The predicted octanol–water partition coefficient (Wildman–Crippen LogP) is 5.32. The maximum Gasteiger partial charge on any atom is 0.254 e. The van der Waals surface area contributed by atoms with Gasteiger partial charge in [0, 0.05) is 79.6 Å². The Kier molecular flexibility index (Phi) is 10.9. The number of aromatic hydroxyl groups is 1. The zero-order valence-electron chi connectivity index (χ0n) is 30.7. The molecule has 7 rings (SSSR count). The number of fused-ring (bicyclic) bond motifs is 2. The van der Waals surface area contributed by atoms with E-state index < -0.39 is 5.91 Å². The Balaban J connectivity index is 0.958. The number of benzene rings is 4. The largest absolute Gasteiger partial charge is 0.506 e. The number of ether oxygens (including phenoxy) is 2. The lowest BCUT2D eigenvalue weighted by Crippen LogP contribution is -2.50. The molecule has 1 aliphatic rings. The number of nitrogens with zero attached hydrogens (tertiary/aromatic N) is 3. The van der Waals surface area contributed by atoms with E-state index >= 15 is 0 Å². The van der Waals surface area contributed by atoms with Crippen molar-refractivity contribution in [2.24, 2.45) is 5.73 Å². The van der Waals surface area contributed by atoms with Crippen LogP contribution in [0.1, 0.15) is 31.8 Å². The lowest BCUT2D eigenvalue weighted by atomic mass is 10.0. The van der Waals surface area contributed by atoms with E-state index in [2.05, 4.69) is 25.5 Å². The third-order valence-corrected chi connectivity index (χ3v) is 9.86. The number of H-pyrrole nitrogens is 1. The molecule has 0 spiro atoms. The van der Waals surface area contributed by atoms with E-state index in [4.69, 9.17) is 15.2 Å². The number of amides is 2. The fraction of sp³-hybridized carbons (Fsp3) is 0.238. The number of phenols is 1. The third-order valence-electron chi connectivity index (χ3n) is 9.86. The highest BCUT2D eigenvalue weighted by Crippen LogP contribution is 2.36. The second-order valence-electron chi connectivity index (χ2n) is 13.5. The monoisotopic (exact) mass is 741 g/mol. The Hall–Kier alpha value is -6.44. The van der Waals surface area contributed by atoms with Gasteiger partial charge in [0.25, 0.3) is 11.8 Å². The van der Waals surface area contributed by atoms with Crippen LogP contribution in [0, 0.1) is 6.92 Å². The number of rotatable bonds is 13. The van der Waals surface area contributed by atoms with Crippen molar-refractivity contribution in [2.75, 3.05) is 58.2 Å². The number of pyridine rings is 2. The topological polar surface area (TPSA) is 175 Å². The van der Waals surface area contributed by atoms with Gasteiger partial charge in [0.05, 0.1) is 29.4 Å². The van der Waals surface area contributed by atoms with Gasteiger partial charge in [-0.1, -0.05) is 18.2 Å². The molecule has 4 aromatic carbocycles. The molecule has 282 valence electrons. The lowest BCUT2D eigenvalue weighted by molar-refractivity contribution is 0.0638. The van der Waals surface area contributed by atoms with E-state index in [1.54, 1.807) is 43.5 Å². The smallest absolute Gasteiger partial charge is 0.254 e. The van der Waals surface area contributed by atoms with Gasteiger partial charge in [-0.05, 0) is 85.6 Å². The van der Waals surface area contributed by atoms with E-state index in [0.29, 0.717) is 63.7 Å². The van der Waals surface area contributed by atoms with Gasteiger partial charge < -0.3 is 40.8 Å². The number of aromatic nitrogens is 2. The van der Waals surface area contributed by atoms with E-state index in [1.807, 2.05) is 54.3 Å². The first kappa shape index (κ1) is 36.9. The van der Waals surface area contributed by atoms with Gasteiger partial charge in [-0.3, -0.25) is 24.3 Å². The summed E-state index contributed by atoms with van der Waals surface area (Å²) in [7, 11) is 1.59. The summed E-state index contributed by atoms with van der Waals surface area (Å²) in [5.74, 6) is 1.06. The van der Waals surface area contributed by atoms with Crippen molar-refractivity contribution in [1.82, 2.24) is 25.1 Å². The van der Waals surface area contributed by atoms with Crippen molar-refractivity contribution < 1.29 is 24.2 Å². The average Bonchev–Trinajstić information content (AvgIpc) is 3.19. The highest BCUT2D eigenvalue weighted by molar-refractivity contribution is 6.08. The number of carbonyl (C=O) groups excluding carboxylic acids is 2. The van der Waals surface area contributed by atoms with Crippen LogP contribution in [0.3, 0.4) is 0 Å². The number of carbonyl (C=O) groups is 2. The molecule has 1 fully saturated rings. The van der Waals surface area contributed by atoms with Crippen LogP contribution < -0.4 is 31.4 Å². The molecule has 6 N–H and O–H groups in total. The normalized spacial score (nSPS) is 13.2. The van der Waals surface area contributed by atoms with Gasteiger partial charge in [0.15, 0.2) is 0 Å². The molecule has 0 radical (unpaired) electrons. The number of nitrogens with two attached hydrogens (primary N) is 1. The van der Waals surface area contributed by atoms with E-state index in [0.717, 1.165) is 55.7 Å². The quantitative estimate of drug-likeness (QED) is 0.0975. The molecule has 1 saturated heterocycles. The van der Waals surface area contributed by atoms with Crippen LogP contribution in [-0.2, 0) is 6.42 Å². The van der Waals surface area contributed by atoms with Gasteiger partial charge in [0.2, 0.25) is 5.56 Å². The Morgan fingerprint density at radius 2 is 1.71 bits per heavy atom. The summed E-state index contributed by atoms with van der Waals surface area (Å²) >= 11 is 0. The van der Waals surface area contributed by atoms with E-state index in [1.165, 1.54) is 12.3 Å². The van der Waals surface area contributed by atoms with Gasteiger partial charge in [-0.25, -0.2) is 0 Å². The highest BCUT2D eigenvalue weighted by atomic mass is 16.5. The Morgan fingerprint density at radius 3 is 2.51 bits per heavy atom. The van der Waals surface area contributed by atoms with Crippen molar-refractivity contribution in [2.45, 2.75) is 13.3 Å². The van der Waals surface area contributed by atoms with Crippen molar-refractivity contribution in [3.05, 3.63) is 124 Å². The number of phenolic OH excluding ortho intramolecular Hbond substituents is 1. The maximum atomic E-state index is 13.6. The molecule has 0 bridgehead atoms. The Morgan fingerprint density at radius 1 is 0.909 bits per heavy atom. The van der Waals surface area contributed by atoms with Gasteiger partial charge in [-0.15, -0.1) is 0 Å². The summed E-state index contributed by atoms with van der Waals surface area (Å²) in [5, 5.41) is 18.5. The fourth-order valence-corrected chi connectivity index (χ4v) is 6.96. The molecule has 0 atom stereocenters. The van der Waals surface area contributed by atoms with Crippen molar-refractivity contribution in [3.8, 4) is 23.0 Å². The number of methoxy groups -OCH3 is 1. The number of aromatic amines is 1. The molecule has 0 saturated carbocycles. The SMILES string of the molecule is COc1cccc(Nc2c(C(N)=O)cnc3c(C)cc(Oc4cccc(C(=O)N5CCN(CCNCCc6ccc(O)c7[nH]c(=O)ccc67)CC5)c4)cc23)c1. The first-order chi connectivity index (χ1) is 26.7. The minimum Gasteiger partial charge on any atom is -0.506 e. The second kappa shape index (κ2) is 16.3. The zero-order valence-corrected chi connectivity index (χ0v) is 30.7. The van der Waals surface area contributed by atoms with Crippen LogP contribution in [0.2, 0.25) is 0 Å². The van der Waals surface area contributed by atoms with Gasteiger partial charge in [-0.2, -0.15) is 0 Å². The summed E-state index contributed by atoms with van der Waals surface area (Å²) in [6.07, 6.45) is 2.23. The van der Waals surface area contributed by atoms with Crippen LogP contribution in [-0.4, -0.2) is 89.6 Å². The number of nitrogens with one attached hydrogen (secondary N) is 3. The van der Waals surface area contributed by atoms with Crippen LogP contribution in [0.5, 0.6) is 23.0 Å². The molecule has 0 aliphatic carbocycles. The maximum absolute atomic E-state index is 13.6. The summed E-state index contributed by atoms with van der Waals surface area (Å²) in [6.45, 7) is 7.09. The van der Waals surface area contributed by atoms with Crippen molar-refractivity contribution >= 4 is 45.0 Å². The lowest BCUT2D eigenvalue weighted by Gasteiger charge is -2.34. The summed E-state index contributed by atoms with van der Waals surface area (Å²) in [5.41, 5.74) is 10.5. The minimum absolute atomic E-state index is 0.0551. The minimum atomic E-state index is -0.621. The Labute approximate surface area is 317 Å². The number of hydrogen-bond acceptors (Lipinski definition) is 10. The molecule has 2 amide bonds. The van der Waals surface area contributed by atoms with Crippen LogP contribution in [0.15, 0.2) is 95.9 Å². The molecule has 13 heteroatoms. The van der Waals surface area contributed by atoms with Crippen LogP contribution in [0.25, 0.3) is 21.8 Å². The summed E-state index contributed by atoms with van der Waals surface area (Å²) in [6, 6.07) is 24.9. The summed E-state index contributed by atoms with van der Waals surface area (Å²) < 4.78 is 11.7. The molecule has 2 aromatic heterocycles. The molecule has 3 heterocycles. The number of piperazine rings is 1. The van der Waals surface area contributed by atoms with Gasteiger partial charge in [0.1, 0.15) is 23.0 Å². The number of primary amides is 1. The second-order valence-corrected chi connectivity index (χ2v) is 13.5. The predicted molar refractivity (Wildman–Crippen MR) is 213 cm³/mol. The molecular weight excluding hydrogens is 699 g/mol. The molecule has 55 heavy (non-hydrogen) atoms. The first-order valence-corrected chi connectivity index (χ1v) is 18.1. The fourth-order valence-electron chi connectivity index (χ4n) is 6.96. The average molecular weight is 742 g/mol. The Bertz CT molecular complexity index is 2440. The molecular formula is C42H43N7O6. The molecule has 0 unspecified atom stereocenters. The molecule has 13 nitrogen and oxygen atoms in total.